The molecule has 0 bridgehead atoms. The zero-order valence-corrected chi connectivity index (χ0v) is 51.7. The van der Waals surface area contributed by atoms with Crippen LogP contribution < -0.4 is 14.8 Å². The van der Waals surface area contributed by atoms with E-state index >= 15 is 0 Å². The van der Waals surface area contributed by atoms with Crippen molar-refractivity contribution in [1.82, 2.24) is 4.57 Å². The molecular weight excluding hydrogens is 985 g/mol. The average Bonchev–Trinajstić information content (AvgIpc) is 3.83. The molecule has 7 heteroatoms. The molecule has 0 saturated heterocycles. The number of rotatable bonds is 14. The van der Waals surface area contributed by atoms with E-state index in [0.29, 0.717) is 40.8 Å². The minimum atomic E-state index is -0.270. The Hall–Kier alpha value is -6.99. The summed E-state index contributed by atoms with van der Waals surface area (Å²) in [5.74, 6) is 5.65. The van der Waals surface area contributed by atoms with Gasteiger partial charge >= 0.3 is 5.97 Å². The molecule has 1 amide bonds. The highest BCUT2D eigenvalue weighted by atomic mass is 16.5. The topological polar surface area (TPSA) is 86.6 Å². The molecule has 1 fully saturated rings. The molecule has 2 atom stereocenters. The van der Waals surface area contributed by atoms with Crippen LogP contribution in [0.25, 0.3) is 11.1 Å². The molecule has 0 radical (unpaired) electrons. The minimum absolute atomic E-state index is 0.0303. The van der Waals surface area contributed by atoms with Gasteiger partial charge in [-0.3, -0.25) is 14.4 Å². The second-order valence-corrected chi connectivity index (χ2v) is 23.4. The van der Waals surface area contributed by atoms with Crippen LogP contribution in [0.15, 0.2) is 164 Å². The van der Waals surface area contributed by atoms with Gasteiger partial charge in [-0.2, -0.15) is 0 Å². The van der Waals surface area contributed by atoms with Crippen molar-refractivity contribution in [2.45, 2.75) is 165 Å². The van der Waals surface area contributed by atoms with Gasteiger partial charge in [-0.25, -0.2) is 0 Å². The standard InChI is InChI=1S/C20H32O.C16H19NO.C15H16.C11H15NO.C11H14O2/c1-15(2)13-17-9-6-7-12-20(17,16(3)4)18-10-8-11-19(14-18)21-5;1-11(2)14-9-10-15(17(14)4)16(18)13-7-5-12(3)6-8-13;1-12(2)13-8-10-15(11-9-13)14-6-4-3-5-7-14;1-8(2)10-4-6-11(7-5-10)12-9(3)13;1-8(2)10-6-4-5-7-11(10)13-9(3)12/h8,10-11,14-17H,6-7,9,12-13H2,1-5H3;5-11H,1-4H3;3-12H,1-2H3;4-8H,1-3H3,(H,12,13);4-8H,1-3H3. The summed E-state index contributed by atoms with van der Waals surface area (Å²) >= 11 is 0. The Morgan fingerprint density at radius 3 is 1.70 bits per heavy atom. The van der Waals surface area contributed by atoms with Crippen LogP contribution in [0, 0.1) is 24.7 Å². The molecule has 7 nitrogen and oxygen atoms in total. The van der Waals surface area contributed by atoms with Gasteiger partial charge in [-0.15, -0.1) is 0 Å². The fourth-order valence-electron chi connectivity index (χ4n) is 10.8. The van der Waals surface area contributed by atoms with Gasteiger partial charge in [0.2, 0.25) is 11.7 Å². The average molecular weight is 1080 g/mol. The number of para-hydroxylation sites is 1. The molecule has 1 aromatic heterocycles. The van der Waals surface area contributed by atoms with E-state index in [1.165, 1.54) is 85.0 Å². The molecule has 2 unspecified atom stereocenters. The highest BCUT2D eigenvalue weighted by Gasteiger charge is 2.44. The number of hydrogen-bond donors (Lipinski definition) is 1. The predicted octanol–water partition coefficient (Wildman–Crippen LogP) is 19.5. The zero-order valence-electron chi connectivity index (χ0n) is 51.7. The van der Waals surface area contributed by atoms with Crippen molar-refractivity contribution >= 4 is 23.3 Å². The Labute approximate surface area is 483 Å². The van der Waals surface area contributed by atoms with Gasteiger partial charge in [0.15, 0.2) is 0 Å². The zero-order chi connectivity index (χ0) is 59.1. The first-order chi connectivity index (χ1) is 38.0. The van der Waals surface area contributed by atoms with E-state index in [-0.39, 0.29) is 17.7 Å². The first kappa shape index (κ1) is 65.5. The molecule has 0 spiro atoms. The Kier molecular flexibility index (Phi) is 26.5. The number of anilines is 1. The van der Waals surface area contributed by atoms with Crippen LogP contribution in [-0.4, -0.2) is 29.3 Å². The first-order valence-electron chi connectivity index (χ1n) is 29.2. The molecule has 7 aromatic rings. The summed E-state index contributed by atoms with van der Waals surface area (Å²) in [5, 5.41) is 2.73. The van der Waals surface area contributed by atoms with E-state index in [0.717, 1.165) is 40.1 Å². The lowest BCUT2D eigenvalue weighted by atomic mass is 9.55. The lowest BCUT2D eigenvalue weighted by Gasteiger charge is -2.49. The van der Waals surface area contributed by atoms with Crippen LogP contribution in [-0.2, 0) is 22.1 Å². The Balaban J connectivity index is 0.000000218. The molecular formula is C73H96N2O5. The van der Waals surface area contributed by atoms with E-state index in [9.17, 15) is 14.4 Å². The maximum absolute atomic E-state index is 12.4. The Bertz CT molecular complexity index is 2940. The van der Waals surface area contributed by atoms with Crippen LogP contribution in [0.1, 0.15) is 202 Å². The summed E-state index contributed by atoms with van der Waals surface area (Å²) in [6.45, 7) is 31.7. The van der Waals surface area contributed by atoms with Crippen molar-refractivity contribution in [3.05, 3.63) is 209 Å². The molecule has 0 aliphatic heterocycles. The third-order valence-corrected chi connectivity index (χ3v) is 15.2. The summed E-state index contributed by atoms with van der Waals surface area (Å²) in [7, 11) is 3.73. The first-order valence-corrected chi connectivity index (χ1v) is 29.2. The number of nitrogens with one attached hydrogen (secondary N) is 1. The molecule has 6 aromatic carbocycles. The number of ether oxygens (including phenoxy) is 2. The number of aromatic nitrogens is 1. The molecule has 8 rings (SSSR count). The van der Waals surface area contributed by atoms with Crippen molar-refractivity contribution in [2.75, 3.05) is 12.4 Å². The van der Waals surface area contributed by atoms with Gasteiger partial charge in [0.1, 0.15) is 11.5 Å². The lowest BCUT2D eigenvalue weighted by Crippen LogP contribution is -2.43. The van der Waals surface area contributed by atoms with Crippen molar-refractivity contribution in [3.63, 3.8) is 0 Å². The summed E-state index contributed by atoms with van der Waals surface area (Å²) in [6.07, 6.45) is 6.82. The number of hydrogen-bond acceptors (Lipinski definition) is 5. The number of benzene rings is 6. The molecule has 1 heterocycles. The van der Waals surface area contributed by atoms with Gasteiger partial charge in [0.25, 0.3) is 0 Å². The largest absolute Gasteiger partial charge is 0.497 e. The van der Waals surface area contributed by atoms with Crippen molar-refractivity contribution < 1.29 is 23.9 Å². The smallest absolute Gasteiger partial charge is 0.308 e. The third-order valence-electron chi connectivity index (χ3n) is 15.2. The van der Waals surface area contributed by atoms with Crippen LogP contribution in [0.3, 0.4) is 0 Å². The van der Waals surface area contributed by atoms with E-state index < -0.39 is 0 Å². The van der Waals surface area contributed by atoms with Gasteiger partial charge in [-0.1, -0.05) is 223 Å². The number of aryl methyl sites for hydroxylation is 1. The minimum Gasteiger partial charge on any atom is -0.497 e. The van der Waals surface area contributed by atoms with Crippen LogP contribution >= 0.6 is 0 Å². The van der Waals surface area contributed by atoms with Gasteiger partial charge < -0.3 is 19.4 Å². The monoisotopic (exact) mass is 1080 g/mol. The number of carbonyl (C=O) groups is 3. The van der Waals surface area contributed by atoms with Crippen LogP contribution in [0.5, 0.6) is 11.5 Å². The van der Waals surface area contributed by atoms with Gasteiger partial charge in [0, 0.05) is 43.3 Å². The number of methoxy groups -OCH3 is 1. The SMILES string of the molecule is CC(=O)Nc1ccc(C(C)C)cc1.CC(=O)Oc1ccccc1C(C)C.CC(C)c1ccc(-c2ccccc2)cc1.COc1cccc(C2(C(C)C)CCCCC2CC(C)C)c1.Cc1ccc(C(=O)c2ccc(C(C)C)n2C)cc1. The maximum atomic E-state index is 12.4. The van der Waals surface area contributed by atoms with Crippen molar-refractivity contribution in [1.29, 1.82) is 0 Å². The molecule has 428 valence electrons. The normalized spacial score (nSPS) is 14.7. The second kappa shape index (κ2) is 32.3. The lowest BCUT2D eigenvalue weighted by molar-refractivity contribution is -0.132. The van der Waals surface area contributed by atoms with Crippen LogP contribution in [0.2, 0.25) is 0 Å². The van der Waals surface area contributed by atoms with Crippen LogP contribution in [0.4, 0.5) is 5.69 Å². The van der Waals surface area contributed by atoms with Gasteiger partial charge in [-0.05, 0) is 143 Å². The highest BCUT2D eigenvalue weighted by molar-refractivity contribution is 6.08. The van der Waals surface area contributed by atoms with E-state index in [1.54, 1.807) is 7.11 Å². The number of esters is 1. The number of amides is 1. The van der Waals surface area contributed by atoms with Gasteiger partial charge in [0.05, 0.1) is 12.8 Å². The van der Waals surface area contributed by atoms with E-state index in [1.807, 2.05) is 110 Å². The fraction of sp³-hybridized carbons (Fsp3) is 0.411. The Morgan fingerprint density at radius 1 is 0.613 bits per heavy atom. The summed E-state index contributed by atoms with van der Waals surface area (Å²) in [5.41, 5.74) is 12.9. The summed E-state index contributed by atoms with van der Waals surface area (Å²) < 4.78 is 12.5. The van der Waals surface area contributed by atoms with E-state index in [2.05, 4.69) is 161 Å². The van der Waals surface area contributed by atoms with Crippen molar-refractivity contribution in [2.24, 2.45) is 24.8 Å². The quantitative estimate of drug-likeness (QED) is 0.0666. The number of carbonyl (C=O) groups excluding carboxylic acids is 3. The predicted molar refractivity (Wildman–Crippen MR) is 338 cm³/mol. The van der Waals surface area contributed by atoms with E-state index in [4.69, 9.17) is 9.47 Å². The maximum Gasteiger partial charge on any atom is 0.308 e. The fourth-order valence-corrected chi connectivity index (χ4v) is 10.8. The number of nitrogens with zero attached hydrogens (tertiary/aromatic N) is 1. The highest BCUT2D eigenvalue weighted by Crippen LogP contribution is 2.51. The summed E-state index contributed by atoms with van der Waals surface area (Å²) in [6, 6.07) is 55.4. The second-order valence-electron chi connectivity index (χ2n) is 23.4. The summed E-state index contributed by atoms with van der Waals surface area (Å²) in [4.78, 5) is 33.9. The molecule has 1 aliphatic rings. The molecule has 80 heavy (non-hydrogen) atoms. The molecule has 1 saturated carbocycles. The van der Waals surface area contributed by atoms with Crippen molar-refractivity contribution in [3.8, 4) is 22.6 Å². The number of ketones is 1. The third kappa shape index (κ3) is 19.7. The molecule has 1 aliphatic carbocycles. The molecule has 1 N–H and O–H groups in total. The Morgan fingerprint density at radius 2 is 1.19 bits per heavy atom.